The molecule has 32 heavy (non-hydrogen) atoms. The molecule has 0 spiro atoms. The summed E-state index contributed by atoms with van der Waals surface area (Å²) in [5.41, 5.74) is 4.07. The van der Waals surface area contributed by atoms with E-state index in [-0.39, 0.29) is 18.4 Å². The van der Waals surface area contributed by atoms with Crippen LogP contribution in [0.2, 0.25) is 0 Å². The maximum absolute atomic E-state index is 11.2. The predicted octanol–water partition coefficient (Wildman–Crippen LogP) is 5.51. The summed E-state index contributed by atoms with van der Waals surface area (Å²) in [7, 11) is 0. The van der Waals surface area contributed by atoms with Gasteiger partial charge in [0, 0.05) is 17.4 Å². The molecule has 2 atom stereocenters. The van der Waals surface area contributed by atoms with Crippen molar-refractivity contribution in [3.8, 4) is 17.6 Å². The first-order valence-corrected chi connectivity index (χ1v) is 10.5. The zero-order valence-corrected chi connectivity index (χ0v) is 17.8. The number of carboxylic acids is 1. The number of fused-ring (bicyclic) bond motifs is 1. The second-order valence-electron chi connectivity index (χ2n) is 7.59. The highest BCUT2D eigenvalue weighted by atomic mass is 16.5. The van der Waals surface area contributed by atoms with E-state index in [0.29, 0.717) is 12.2 Å². The molecule has 3 aromatic carbocycles. The number of hydrogen-bond donors (Lipinski definition) is 2. The second kappa shape index (κ2) is 9.84. The summed E-state index contributed by atoms with van der Waals surface area (Å²) in [6, 6.07) is 23.9. The van der Waals surface area contributed by atoms with Crippen LogP contribution in [0, 0.1) is 11.8 Å². The van der Waals surface area contributed by atoms with Crippen LogP contribution in [-0.4, -0.2) is 21.3 Å². The van der Waals surface area contributed by atoms with Crippen molar-refractivity contribution >= 4 is 16.9 Å². The van der Waals surface area contributed by atoms with Crippen molar-refractivity contribution in [2.45, 2.75) is 31.8 Å². The number of aliphatic carboxylic acids is 1. The Hall–Kier alpha value is -4.04. The SMILES string of the molecule is CC#CC(CC(=O)O)c1ccc(O[C@@H](Cc2ccccc2)c2cccc3[nH]ncc23)cc1. The molecule has 4 rings (SSSR count). The summed E-state index contributed by atoms with van der Waals surface area (Å²) in [6.45, 7) is 1.72. The summed E-state index contributed by atoms with van der Waals surface area (Å²) >= 11 is 0. The summed E-state index contributed by atoms with van der Waals surface area (Å²) < 4.78 is 6.46. The van der Waals surface area contributed by atoms with E-state index < -0.39 is 5.97 Å². The minimum atomic E-state index is -0.866. The minimum absolute atomic E-state index is 0.0276. The summed E-state index contributed by atoms with van der Waals surface area (Å²) in [5, 5.41) is 17.4. The molecule has 0 amide bonds. The van der Waals surface area contributed by atoms with Crippen molar-refractivity contribution in [2.75, 3.05) is 0 Å². The third kappa shape index (κ3) is 4.98. The monoisotopic (exact) mass is 424 g/mol. The van der Waals surface area contributed by atoms with Gasteiger partial charge in [0.15, 0.2) is 0 Å². The van der Waals surface area contributed by atoms with Crippen LogP contribution in [0.1, 0.15) is 42.1 Å². The van der Waals surface area contributed by atoms with E-state index in [1.807, 2.05) is 60.8 Å². The Morgan fingerprint density at radius 2 is 1.84 bits per heavy atom. The molecule has 0 saturated heterocycles. The predicted molar refractivity (Wildman–Crippen MR) is 124 cm³/mol. The average Bonchev–Trinajstić information content (AvgIpc) is 3.28. The summed E-state index contributed by atoms with van der Waals surface area (Å²) in [5.74, 6) is 5.32. The highest BCUT2D eigenvalue weighted by Crippen LogP contribution is 2.31. The Balaban J connectivity index is 1.63. The molecule has 0 radical (unpaired) electrons. The largest absolute Gasteiger partial charge is 0.485 e. The number of aromatic amines is 1. The van der Waals surface area contributed by atoms with Gasteiger partial charge in [0.25, 0.3) is 0 Å². The van der Waals surface area contributed by atoms with Gasteiger partial charge in [-0.15, -0.1) is 5.92 Å². The van der Waals surface area contributed by atoms with E-state index in [4.69, 9.17) is 4.74 Å². The Morgan fingerprint density at radius 1 is 1.06 bits per heavy atom. The Morgan fingerprint density at radius 3 is 2.56 bits per heavy atom. The van der Waals surface area contributed by atoms with E-state index in [1.165, 1.54) is 5.56 Å². The number of rotatable bonds is 8. The van der Waals surface area contributed by atoms with Gasteiger partial charge >= 0.3 is 5.97 Å². The Bertz CT molecular complexity index is 1250. The molecule has 4 aromatic rings. The number of hydrogen-bond acceptors (Lipinski definition) is 3. The molecule has 5 heteroatoms. The highest BCUT2D eigenvalue weighted by molar-refractivity contribution is 5.82. The van der Waals surface area contributed by atoms with E-state index in [9.17, 15) is 9.90 Å². The number of ether oxygens (including phenoxy) is 1. The van der Waals surface area contributed by atoms with Crippen molar-refractivity contribution in [2.24, 2.45) is 0 Å². The number of carbonyl (C=O) groups is 1. The van der Waals surface area contributed by atoms with Gasteiger partial charge in [0.2, 0.25) is 0 Å². The standard InChI is InChI=1S/C27H24N2O3/c1-2-7-21(17-27(30)31)20-12-14-22(15-13-20)32-26(16-19-8-4-3-5-9-19)23-10-6-11-25-24(23)18-28-29-25/h3-6,8-15,18,21,26H,16-17H2,1H3,(H,28,29)(H,30,31)/t21?,26-/m0/s1. The molecule has 0 fully saturated rings. The van der Waals surface area contributed by atoms with Crippen LogP contribution < -0.4 is 4.74 Å². The molecule has 0 aliphatic carbocycles. The van der Waals surface area contributed by atoms with Crippen molar-refractivity contribution in [3.05, 3.63) is 95.7 Å². The minimum Gasteiger partial charge on any atom is -0.485 e. The zero-order chi connectivity index (χ0) is 22.3. The number of aromatic nitrogens is 2. The zero-order valence-electron chi connectivity index (χ0n) is 17.8. The van der Waals surface area contributed by atoms with Gasteiger partial charge in [-0.3, -0.25) is 9.89 Å². The van der Waals surface area contributed by atoms with E-state index in [2.05, 4.69) is 40.2 Å². The number of benzene rings is 3. The molecule has 1 unspecified atom stereocenters. The topological polar surface area (TPSA) is 75.2 Å². The second-order valence-corrected chi connectivity index (χ2v) is 7.59. The number of nitrogens with one attached hydrogen (secondary N) is 1. The van der Waals surface area contributed by atoms with Gasteiger partial charge in [-0.05, 0) is 36.2 Å². The van der Waals surface area contributed by atoms with Crippen LogP contribution in [0.3, 0.4) is 0 Å². The number of H-pyrrole nitrogens is 1. The molecule has 1 heterocycles. The first-order valence-electron chi connectivity index (χ1n) is 10.5. The normalized spacial score (nSPS) is 12.5. The number of nitrogens with zero attached hydrogens (tertiary/aromatic N) is 1. The quantitative estimate of drug-likeness (QED) is 0.366. The number of carboxylic acid groups (broad SMARTS) is 1. The fourth-order valence-corrected chi connectivity index (χ4v) is 3.86. The maximum Gasteiger partial charge on any atom is 0.304 e. The van der Waals surface area contributed by atoms with Crippen molar-refractivity contribution in [3.63, 3.8) is 0 Å². The average molecular weight is 425 g/mol. The lowest BCUT2D eigenvalue weighted by Crippen LogP contribution is -2.11. The Labute approximate surface area is 187 Å². The van der Waals surface area contributed by atoms with Gasteiger partial charge in [-0.2, -0.15) is 5.10 Å². The van der Waals surface area contributed by atoms with E-state index >= 15 is 0 Å². The first kappa shape index (κ1) is 21.2. The molecule has 2 N–H and O–H groups in total. The van der Waals surface area contributed by atoms with Crippen LogP contribution in [-0.2, 0) is 11.2 Å². The van der Waals surface area contributed by atoms with Crippen LogP contribution in [0.15, 0.2) is 79.0 Å². The fraction of sp³-hybridized carbons (Fsp3) is 0.185. The Kier molecular flexibility index (Phi) is 6.52. The van der Waals surface area contributed by atoms with Crippen molar-refractivity contribution in [1.29, 1.82) is 0 Å². The van der Waals surface area contributed by atoms with Gasteiger partial charge < -0.3 is 9.84 Å². The third-order valence-electron chi connectivity index (χ3n) is 5.39. The van der Waals surface area contributed by atoms with E-state index in [0.717, 1.165) is 22.0 Å². The van der Waals surface area contributed by atoms with Crippen molar-refractivity contribution in [1.82, 2.24) is 10.2 Å². The lowest BCUT2D eigenvalue weighted by Gasteiger charge is -2.21. The van der Waals surface area contributed by atoms with Gasteiger partial charge in [0.05, 0.1) is 24.1 Å². The van der Waals surface area contributed by atoms with Crippen LogP contribution >= 0.6 is 0 Å². The lowest BCUT2D eigenvalue weighted by molar-refractivity contribution is -0.137. The van der Waals surface area contributed by atoms with Gasteiger partial charge in [0.1, 0.15) is 11.9 Å². The van der Waals surface area contributed by atoms with Crippen molar-refractivity contribution < 1.29 is 14.6 Å². The van der Waals surface area contributed by atoms with Crippen LogP contribution in [0.4, 0.5) is 0 Å². The van der Waals surface area contributed by atoms with E-state index in [1.54, 1.807) is 6.92 Å². The van der Waals surface area contributed by atoms with Gasteiger partial charge in [-0.1, -0.05) is 60.5 Å². The maximum atomic E-state index is 11.2. The lowest BCUT2D eigenvalue weighted by atomic mass is 9.96. The molecule has 0 aliphatic rings. The molecule has 160 valence electrons. The molecule has 0 saturated carbocycles. The molecular weight excluding hydrogens is 400 g/mol. The highest BCUT2D eigenvalue weighted by Gasteiger charge is 2.19. The van der Waals surface area contributed by atoms with Crippen LogP contribution in [0.25, 0.3) is 10.9 Å². The summed E-state index contributed by atoms with van der Waals surface area (Å²) in [6.07, 6.45) is 2.29. The summed E-state index contributed by atoms with van der Waals surface area (Å²) in [4.78, 5) is 11.2. The molecule has 5 nitrogen and oxygen atoms in total. The molecule has 0 aliphatic heterocycles. The first-order chi connectivity index (χ1) is 15.6. The molecule has 1 aromatic heterocycles. The van der Waals surface area contributed by atoms with Crippen LogP contribution in [0.5, 0.6) is 5.75 Å². The smallest absolute Gasteiger partial charge is 0.304 e. The fourth-order valence-electron chi connectivity index (χ4n) is 3.86. The van der Waals surface area contributed by atoms with Gasteiger partial charge in [-0.25, -0.2) is 0 Å². The molecule has 0 bridgehead atoms. The molecular formula is C27H24N2O3. The third-order valence-corrected chi connectivity index (χ3v) is 5.39.